The second-order valence-electron chi connectivity index (χ2n) is 3.35. The highest BCUT2D eigenvalue weighted by Crippen LogP contribution is 2.20. The molecule has 0 saturated heterocycles. The average Bonchev–Trinajstić information content (AvgIpc) is 2.90. The van der Waals surface area contributed by atoms with Gasteiger partial charge in [0.2, 0.25) is 5.91 Å². The van der Waals surface area contributed by atoms with Gasteiger partial charge in [0.15, 0.2) is 4.34 Å². The SMILES string of the molecule is O=C(CSc1nncs1)Nc1cccc([N+](=O)[O-])c1. The zero-order chi connectivity index (χ0) is 13.7. The van der Waals surface area contributed by atoms with Crippen molar-refractivity contribution in [1.29, 1.82) is 0 Å². The highest BCUT2D eigenvalue weighted by molar-refractivity contribution is 8.01. The van der Waals surface area contributed by atoms with E-state index in [2.05, 4.69) is 15.5 Å². The molecule has 0 atom stereocenters. The van der Waals surface area contributed by atoms with Gasteiger partial charge in [0.1, 0.15) is 5.51 Å². The molecule has 1 amide bonds. The Morgan fingerprint density at radius 1 is 1.53 bits per heavy atom. The number of aromatic nitrogens is 2. The van der Waals surface area contributed by atoms with Crippen molar-refractivity contribution in [1.82, 2.24) is 10.2 Å². The largest absolute Gasteiger partial charge is 0.325 e. The first kappa shape index (κ1) is 13.4. The third-order valence-corrected chi connectivity index (χ3v) is 3.87. The summed E-state index contributed by atoms with van der Waals surface area (Å²) in [7, 11) is 0. The quantitative estimate of drug-likeness (QED) is 0.516. The molecular formula is C10H8N4O3S2. The molecule has 2 aromatic rings. The maximum atomic E-state index is 11.6. The summed E-state index contributed by atoms with van der Waals surface area (Å²) in [6.45, 7) is 0. The number of hydrogen-bond acceptors (Lipinski definition) is 7. The third kappa shape index (κ3) is 4.00. The van der Waals surface area contributed by atoms with Gasteiger partial charge in [0.05, 0.1) is 10.7 Å². The Bertz CT molecular complexity index is 588. The molecule has 98 valence electrons. The highest BCUT2D eigenvalue weighted by Gasteiger charge is 2.09. The van der Waals surface area contributed by atoms with E-state index >= 15 is 0 Å². The number of hydrogen-bond donors (Lipinski definition) is 1. The zero-order valence-electron chi connectivity index (χ0n) is 9.48. The van der Waals surface area contributed by atoms with Crippen LogP contribution < -0.4 is 5.32 Å². The van der Waals surface area contributed by atoms with Gasteiger partial charge < -0.3 is 5.32 Å². The maximum absolute atomic E-state index is 11.6. The van der Waals surface area contributed by atoms with Crippen molar-refractivity contribution >= 4 is 40.4 Å². The van der Waals surface area contributed by atoms with E-state index in [4.69, 9.17) is 0 Å². The fourth-order valence-electron chi connectivity index (χ4n) is 1.25. The van der Waals surface area contributed by atoms with Crippen molar-refractivity contribution in [3.05, 3.63) is 39.9 Å². The van der Waals surface area contributed by atoms with Gasteiger partial charge in [0, 0.05) is 17.8 Å². The van der Waals surface area contributed by atoms with Crippen LogP contribution >= 0.6 is 23.1 Å². The highest BCUT2D eigenvalue weighted by atomic mass is 32.2. The number of nitro benzene ring substituents is 1. The van der Waals surface area contributed by atoms with E-state index in [1.807, 2.05) is 0 Å². The van der Waals surface area contributed by atoms with E-state index in [-0.39, 0.29) is 17.3 Å². The molecule has 1 heterocycles. The number of benzene rings is 1. The Hall–Kier alpha value is -2.00. The number of carbonyl (C=O) groups is 1. The monoisotopic (exact) mass is 296 g/mol. The number of rotatable bonds is 5. The van der Waals surface area contributed by atoms with E-state index in [1.165, 1.54) is 41.3 Å². The van der Waals surface area contributed by atoms with Crippen LogP contribution in [0.1, 0.15) is 0 Å². The number of amides is 1. The van der Waals surface area contributed by atoms with Crippen LogP contribution in [-0.4, -0.2) is 26.8 Å². The summed E-state index contributed by atoms with van der Waals surface area (Å²) in [5.41, 5.74) is 1.92. The minimum atomic E-state index is -0.508. The van der Waals surface area contributed by atoms with Crippen LogP contribution in [0.3, 0.4) is 0 Å². The van der Waals surface area contributed by atoms with Crippen LogP contribution in [0.15, 0.2) is 34.1 Å². The Balaban J connectivity index is 1.91. The van der Waals surface area contributed by atoms with Crippen LogP contribution in [-0.2, 0) is 4.79 Å². The molecule has 0 radical (unpaired) electrons. The second-order valence-corrected chi connectivity index (χ2v) is 5.40. The van der Waals surface area contributed by atoms with E-state index in [0.29, 0.717) is 10.0 Å². The number of nitro groups is 1. The lowest BCUT2D eigenvalue weighted by Gasteiger charge is -2.03. The number of carbonyl (C=O) groups excluding carboxylic acids is 1. The molecule has 1 aromatic carbocycles. The second kappa shape index (κ2) is 6.25. The zero-order valence-corrected chi connectivity index (χ0v) is 11.1. The molecule has 9 heteroatoms. The number of thioether (sulfide) groups is 1. The standard InChI is InChI=1S/C10H8N4O3S2/c15-9(5-18-10-13-11-6-19-10)12-7-2-1-3-8(4-7)14(16)17/h1-4,6H,5H2,(H,12,15). The molecule has 0 fully saturated rings. The van der Waals surface area contributed by atoms with Crippen molar-refractivity contribution in [3.8, 4) is 0 Å². The Kier molecular flexibility index (Phi) is 4.42. The summed E-state index contributed by atoms with van der Waals surface area (Å²) < 4.78 is 0.703. The van der Waals surface area contributed by atoms with Crippen molar-refractivity contribution in [2.75, 3.05) is 11.1 Å². The van der Waals surface area contributed by atoms with Gasteiger partial charge in [-0.3, -0.25) is 14.9 Å². The lowest BCUT2D eigenvalue weighted by molar-refractivity contribution is -0.384. The summed E-state index contributed by atoms with van der Waals surface area (Å²) in [6, 6.07) is 5.80. The first-order chi connectivity index (χ1) is 9.15. The molecule has 2 rings (SSSR count). The first-order valence-electron chi connectivity index (χ1n) is 5.08. The minimum absolute atomic E-state index is 0.0606. The van der Waals surface area contributed by atoms with Crippen LogP contribution in [0.2, 0.25) is 0 Å². The Labute approximate surface area is 116 Å². The summed E-state index contributed by atoms with van der Waals surface area (Å²) in [5, 5.41) is 20.6. The fraction of sp³-hybridized carbons (Fsp3) is 0.100. The smallest absolute Gasteiger partial charge is 0.271 e. The first-order valence-corrected chi connectivity index (χ1v) is 6.95. The molecule has 1 aromatic heterocycles. The van der Waals surface area contributed by atoms with Crippen molar-refractivity contribution in [2.24, 2.45) is 0 Å². The molecule has 0 aliphatic rings. The van der Waals surface area contributed by atoms with E-state index in [0.717, 1.165) is 0 Å². The third-order valence-electron chi connectivity index (χ3n) is 2.01. The normalized spacial score (nSPS) is 10.1. The number of anilines is 1. The van der Waals surface area contributed by atoms with Crippen molar-refractivity contribution < 1.29 is 9.72 Å². The molecular weight excluding hydrogens is 288 g/mol. The molecule has 0 aliphatic carbocycles. The molecule has 1 N–H and O–H groups in total. The average molecular weight is 296 g/mol. The predicted octanol–water partition coefficient (Wildman–Crippen LogP) is 2.18. The van der Waals surface area contributed by atoms with Gasteiger partial charge in [-0.25, -0.2) is 0 Å². The molecule has 0 aliphatic heterocycles. The number of non-ortho nitro benzene ring substituents is 1. The Morgan fingerprint density at radius 2 is 2.37 bits per heavy atom. The molecule has 0 saturated carbocycles. The van der Waals surface area contributed by atoms with Gasteiger partial charge in [-0.2, -0.15) is 0 Å². The summed E-state index contributed by atoms with van der Waals surface area (Å²) in [6.07, 6.45) is 0. The van der Waals surface area contributed by atoms with Gasteiger partial charge >= 0.3 is 0 Å². The van der Waals surface area contributed by atoms with Crippen molar-refractivity contribution in [3.63, 3.8) is 0 Å². The van der Waals surface area contributed by atoms with E-state index in [1.54, 1.807) is 11.6 Å². The molecule has 0 bridgehead atoms. The predicted molar refractivity (Wildman–Crippen MR) is 72.4 cm³/mol. The van der Waals surface area contributed by atoms with Gasteiger partial charge in [-0.05, 0) is 6.07 Å². The topological polar surface area (TPSA) is 98.0 Å². The fourth-order valence-corrected chi connectivity index (χ4v) is 2.54. The summed E-state index contributed by atoms with van der Waals surface area (Å²) in [4.78, 5) is 21.7. The van der Waals surface area contributed by atoms with Crippen LogP contribution in [0.4, 0.5) is 11.4 Å². The molecule has 0 unspecified atom stereocenters. The van der Waals surface area contributed by atoms with E-state index in [9.17, 15) is 14.9 Å². The molecule has 19 heavy (non-hydrogen) atoms. The van der Waals surface area contributed by atoms with Crippen LogP contribution in [0, 0.1) is 10.1 Å². The molecule has 0 spiro atoms. The van der Waals surface area contributed by atoms with Gasteiger partial charge in [-0.1, -0.05) is 29.2 Å². The van der Waals surface area contributed by atoms with Gasteiger partial charge in [0.25, 0.3) is 5.69 Å². The Morgan fingerprint density at radius 3 is 3.05 bits per heavy atom. The minimum Gasteiger partial charge on any atom is -0.325 e. The molecule has 7 nitrogen and oxygen atoms in total. The maximum Gasteiger partial charge on any atom is 0.271 e. The number of nitrogens with zero attached hydrogens (tertiary/aromatic N) is 3. The lowest BCUT2D eigenvalue weighted by Crippen LogP contribution is -2.14. The van der Waals surface area contributed by atoms with Gasteiger partial charge in [-0.15, -0.1) is 10.2 Å². The number of nitrogens with one attached hydrogen (secondary N) is 1. The van der Waals surface area contributed by atoms with Crippen molar-refractivity contribution in [2.45, 2.75) is 4.34 Å². The van der Waals surface area contributed by atoms with Crippen LogP contribution in [0.25, 0.3) is 0 Å². The summed E-state index contributed by atoms with van der Waals surface area (Å²) >= 11 is 2.61. The summed E-state index contributed by atoms with van der Waals surface area (Å²) in [5.74, 6) is -0.0709. The lowest BCUT2D eigenvalue weighted by atomic mass is 10.3. The van der Waals surface area contributed by atoms with E-state index < -0.39 is 4.92 Å². The van der Waals surface area contributed by atoms with Crippen LogP contribution in [0.5, 0.6) is 0 Å².